The molecule has 0 radical (unpaired) electrons. The first-order valence-electron chi connectivity index (χ1n) is 5.09. The van der Waals surface area contributed by atoms with E-state index in [0.29, 0.717) is 6.04 Å². The molecular weight excluding hydrogens is 176 g/mol. The Morgan fingerprint density at radius 1 is 1.50 bits per heavy atom. The average Bonchev–Trinajstić information content (AvgIpc) is 2.63. The molecular formula is C11H16N2O. The van der Waals surface area contributed by atoms with Gasteiger partial charge in [-0.05, 0) is 38.6 Å². The fourth-order valence-electron chi connectivity index (χ4n) is 1.82. The highest BCUT2D eigenvalue weighted by atomic mass is 16.5. The van der Waals surface area contributed by atoms with Gasteiger partial charge in [-0.15, -0.1) is 0 Å². The second kappa shape index (κ2) is 4.42. The van der Waals surface area contributed by atoms with Crippen molar-refractivity contribution in [1.29, 1.82) is 0 Å². The van der Waals surface area contributed by atoms with Crippen LogP contribution >= 0.6 is 0 Å². The van der Waals surface area contributed by atoms with Crippen LogP contribution in [-0.4, -0.2) is 36.1 Å². The summed E-state index contributed by atoms with van der Waals surface area (Å²) in [6.45, 7) is 1.99. The first-order valence-corrected chi connectivity index (χ1v) is 5.09. The Bertz CT molecular complexity index is 276. The van der Waals surface area contributed by atoms with Gasteiger partial charge in [0.05, 0.1) is 0 Å². The molecule has 14 heavy (non-hydrogen) atoms. The van der Waals surface area contributed by atoms with Crippen molar-refractivity contribution in [3.8, 4) is 5.75 Å². The van der Waals surface area contributed by atoms with Crippen LogP contribution in [0.3, 0.4) is 0 Å². The number of likely N-dealkylation sites (N-methyl/N-ethyl adjacent to an activating group) is 1. The Labute approximate surface area is 84.7 Å². The molecule has 0 N–H and O–H groups in total. The third-order valence-electron chi connectivity index (χ3n) is 2.76. The summed E-state index contributed by atoms with van der Waals surface area (Å²) >= 11 is 0. The largest absolute Gasteiger partial charge is 0.492 e. The van der Waals surface area contributed by atoms with E-state index >= 15 is 0 Å². The van der Waals surface area contributed by atoms with Gasteiger partial charge in [0, 0.05) is 18.4 Å². The topological polar surface area (TPSA) is 25.4 Å². The van der Waals surface area contributed by atoms with Crippen molar-refractivity contribution in [2.75, 3.05) is 20.2 Å². The molecule has 0 aromatic carbocycles. The third-order valence-corrected chi connectivity index (χ3v) is 2.76. The predicted molar refractivity (Wildman–Crippen MR) is 55.4 cm³/mol. The molecule has 1 aromatic rings. The van der Waals surface area contributed by atoms with Crippen molar-refractivity contribution in [3.05, 3.63) is 24.5 Å². The molecule has 1 saturated heterocycles. The lowest BCUT2D eigenvalue weighted by molar-refractivity contribution is 0.198. The summed E-state index contributed by atoms with van der Waals surface area (Å²) in [5.41, 5.74) is 0. The van der Waals surface area contributed by atoms with Gasteiger partial charge in [0.2, 0.25) is 0 Å². The van der Waals surface area contributed by atoms with Crippen LogP contribution in [-0.2, 0) is 0 Å². The summed E-state index contributed by atoms with van der Waals surface area (Å²) in [6, 6.07) is 4.38. The van der Waals surface area contributed by atoms with Crippen molar-refractivity contribution < 1.29 is 4.74 Å². The SMILES string of the molecule is CN1CCC[C@H]1COc1ccncc1. The Balaban J connectivity index is 1.82. The molecule has 1 aliphatic rings. The maximum atomic E-state index is 5.68. The van der Waals surface area contributed by atoms with E-state index in [1.54, 1.807) is 12.4 Å². The van der Waals surface area contributed by atoms with Gasteiger partial charge in [-0.1, -0.05) is 0 Å². The summed E-state index contributed by atoms with van der Waals surface area (Å²) in [6.07, 6.45) is 6.06. The first-order chi connectivity index (χ1) is 6.86. The zero-order valence-electron chi connectivity index (χ0n) is 8.52. The van der Waals surface area contributed by atoms with Gasteiger partial charge in [-0.25, -0.2) is 0 Å². The molecule has 0 amide bonds. The van der Waals surface area contributed by atoms with E-state index in [9.17, 15) is 0 Å². The maximum Gasteiger partial charge on any atom is 0.122 e. The smallest absolute Gasteiger partial charge is 0.122 e. The molecule has 3 nitrogen and oxygen atoms in total. The van der Waals surface area contributed by atoms with E-state index in [-0.39, 0.29) is 0 Å². The third kappa shape index (κ3) is 2.23. The normalized spacial score (nSPS) is 22.5. The molecule has 1 fully saturated rings. The van der Waals surface area contributed by atoms with Gasteiger partial charge in [0.15, 0.2) is 0 Å². The van der Waals surface area contributed by atoms with Crippen LogP contribution in [0.4, 0.5) is 0 Å². The minimum atomic E-state index is 0.586. The van der Waals surface area contributed by atoms with Gasteiger partial charge >= 0.3 is 0 Å². The van der Waals surface area contributed by atoms with Gasteiger partial charge in [-0.2, -0.15) is 0 Å². The molecule has 3 heteroatoms. The van der Waals surface area contributed by atoms with E-state index in [1.807, 2.05) is 12.1 Å². The van der Waals surface area contributed by atoms with Crippen LogP contribution in [0.1, 0.15) is 12.8 Å². The zero-order valence-corrected chi connectivity index (χ0v) is 8.52. The molecule has 2 heterocycles. The molecule has 1 atom stereocenters. The number of pyridine rings is 1. The fraction of sp³-hybridized carbons (Fsp3) is 0.545. The summed E-state index contributed by atoms with van der Waals surface area (Å²) in [7, 11) is 2.16. The van der Waals surface area contributed by atoms with Crippen LogP contribution < -0.4 is 4.74 Å². The maximum absolute atomic E-state index is 5.68. The van der Waals surface area contributed by atoms with Crippen LogP contribution in [0.5, 0.6) is 5.75 Å². The summed E-state index contributed by atoms with van der Waals surface area (Å²) < 4.78 is 5.68. The predicted octanol–water partition coefficient (Wildman–Crippen LogP) is 1.55. The van der Waals surface area contributed by atoms with Crippen molar-refractivity contribution in [1.82, 2.24) is 9.88 Å². The molecule has 0 saturated carbocycles. The highest BCUT2D eigenvalue weighted by molar-refractivity contribution is 5.16. The minimum Gasteiger partial charge on any atom is -0.492 e. The van der Waals surface area contributed by atoms with E-state index in [4.69, 9.17) is 4.74 Å². The number of hydrogen-bond donors (Lipinski definition) is 0. The highest BCUT2D eigenvalue weighted by Gasteiger charge is 2.20. The molecule has 0 spiro atoms. The van der Waals surface area contributed by atoms with Gasteiger partial charge < -0.3 is 9.64 Å². The fourth-order valence-corrected chi connectivity index (χ4v) is 1.82. The van der Waals surface area contributed by atoms with E-state index in [2.05, 4.69) is 16.9 Å². The summed E-state index contributed by atoms with van der Waals surface area (Å²) in [5, 5.41) is 0. The number of aromatic nitrogens is 1. The quantitative estimate of drug-likeness (QED) is 0.726. The molecule has 76 valence electrons. The molecule has 1 aromatic heterocycles. The Morgan fingerprint density at radius 2 is 2.29 bits per heavy atom. The minimum absolute atomic E-state index is 0.586. The molecule has 0 unspecified atom stereocenters. The second-order valence-corrected chi connectivity index (χ2v) is 3.77. The standard InChI is InChI=1S/C11H16N2O/c1-13-8-2-3-10(13)9-14-11-4-6-12-7-5-11/h4-7,10H,2-3,8-9H2,1H3/t10-/m0/s1. The number of hydrogen-bond acceptors (Lipinski definition) is 3. The van der Waals surface area contributed by atoms with Gasteiger partial charge in [0.25, 0.3) is 0 Å². The number of ether oxygens (including phenoxy) is 1. The van der Waals surface area contributed by atoms with Crippen LogP contribution in [0.2, 0.25) is 0 Å². The zero-order chi connectivity index (χ0) is 9.80. The number of nitrogens with zero attached hydrogens (tertiary/aromatic N) is 2. The molecule has 2 rings (SSSR count). The van der Waals surface area contributed by atoms with Crippen molar-refractivity contribution in [2.45, 2.75) is 18.9 Å². The monoisotopic (exact) mass is 192 g/mol. The molecule has 1 aliphatic heterocycles. The first kappa shape index (κ1) is 9.46. The highest BCUT2D eigenvalue weighted by Crippen LogP contribution is 2.16. The number of likely N-dealkylation sites (tertiary alicyclic amines) is 1. The van der Waals surface area contributed by atoms with Crippen molar-refractivity contribution >= 4 is 0 Å². The second-order valence-electron chi connectivity index (χ2n) is 3.77. The van der Waals surface area contributed by atoms with Gasteiger partial charge in [0.1, 0.15) is 12.4 Å². The lowest BCUT2D eigenvalue weighted by Crippen LogP contribution is -2.30. The van der Waals surface area contributed by atoms with Crippen molar-refractivity contribution in [2.24, 2.45) is 0 Å². The summed E-state index contributed by atoms with van der Waals surface area (Å²) in [4.78, 5) is 6.31. The van der Waals surface area contributed by atoms with Gasteiger partial charge in [-0.3, -0.25) is 4.98 Å². The number of rotatable bonds is 3. The Kier molecular flexibility index (Phi) is 2.99. The van der Waals surface area contributed by atoms with E-state index < -0.39 is 0 Å². The molecule has 0 bridgehead atoms. The lowest BCUT2D eigenvalue weighted by atomic mass is 10.2. The summed E-state index contributed by atoms with van der Waals surface area (Å²) in [5.74, 6) is 0.917. The van der Waals surface area contributed by atoms with Crippen LogP contribution in [0, 0.1) is 0 Å². The lowest BCUT2D eigenvalue weighted by Gasteiger charge is -2.19. The average molecular weight is 192 g/mol. The van der Waals surface area contributed by atoms with Crippen LogP contribution in [0.15, 0.2) is 24.5 Å². The van der Waals surface area contributed by atoms with E-state index in [0.717, 1.165) is 12.4 Å². The van der Waals surface area contributed by atoms with E-state index in [1.165, 1.54) is 19.4 Å². The molecule has 0 aliphatic carbocycles. The Morgan fingerprint density at radius 3 is 2.93 bits per heavy atom. The van der Waals surface area contributed by atoms with Crippen molar-refractivity contribution in [3.63, 3.8) is 0 Å². The van der Waals surface area contributed by atoms with Crippen LogP contribution in [0.25, 0.3) is 0 Å². The Hall–Kier alpha value is -1.09.